The second-order valence-corrected chi connectivity index (χ2v) is 5.39. The van der Waals surface area contributed by atoms with Crippen LogP contribution in [0.4, 0.5) is 5.69 Å². The van der Waals surface area contributed by atoms with Crippen LogP contribution < -0.4 is 5.73 Å². The molecule has 1 fully saturated rings. The molecule has 0 radical (unpaired) electrons. The van der Waals surface area contributed by atoms with Gasteiger partial charge in [0.1, 0.15) is 0 Å². The van der Waals surface area contributed by atoms with Gasteiger partial charge in [-0.2, -0.15) is 0 Å². The van der Waals surface area contributed by atoms with E-state index in [4.69, 9.17) is 5.73 Å². The number of hydrogen-bond acceptors (Lipinski definition) is 4. The molecule has 2 unspecified atom stereocenters. The lowest BCUT2D eigenvalue weighted by atomic mass is 10.0. The van der Waals surface area contributed by atoms with Gasteiger partial charge in [0, 0.05) is 30.3 Å². The average Bonchev–Trinajstić information content (AvgIpc) is 2.96. The number of benzene rings is 1. The summed E-state index contributed by atoms with van der Waals surface area (Å²) in [4.78, 5) is 24.7. The van der Waals surface area contributed by atoms with Crippen LogP contribution in [0.25, 0.3) is 0 Å². The zero-order valence-electron chi connectivity index (χ0n) is 12.2. The molecule has 2 N–H and O–H groups in total. The molecular formula is C15H21N3O3. The van der Waals surface area contributed by atoms with Gasteiger partial charge < -0.3 is 10.6 Å². The van der Waals surface area contributed by atoms with E-state index in [2.05, 4.69) is 0 Å². The topological polar surface area (TPSA) is 89.5 Å². The minimum atomic E-state index is -0.465. The maximum atomic E-state index is 12.6. The third-order valence-corrected chi connectivity index (χ3v) is 4.25. The number of nitrogens with two attached hydrogens (primary N) is 1. The van der Waals surface area contributed by atoms with Crippen molar-refractivity contribution in [2.24, 2.45) is 11.7 Å². The first-order chi connectivity index (χ1) is 10.1. The summed E-state index contributed by atoms with van der Waals surface area (Å²) in [5.41, 5.74) is 6.28. The first kappa shape index (κ1) is 15.4. The van der Waals surface area contributed by atoms with Gasteiger partial charge in [0.25, 0.3) is 11.6 Å². The number of nitro groups is 1. The molecule has 0 heterocycles. The van der Waals surface area contributed by atoms with Crippen LogP contribution in [-0.2, 0) is 0 Å². The Morgan fingerprint density at radius 3 is 2.57 bits per heavy atom. The molecule has 1 aliphatic carbocycles. The van der Waals surface area contributed by atoms with Crippen molar-refractivity contribution in [1.82, 2.24) is 4.90 Å². The maximum absolute atomic E-state index is 12.6. The number of rotatable bonds is 5. The van der Waals surface area contributed by atoms with Gasteiger partial charge in [-0.05, 0) is 44.4 Å². The van der Waals surface area contributed by atoms with Crippen LogP contribution in [0, 0.1) is 16.0 Å². The number of amides is 1. The highest BCUT2D eigenvalue weighted by Gasteiger charge is 2.33. The monoisotopic (exact) mass is 291 g/mol. The Kier molecular flexibility index (Phi) is 4.90. The van der Waals surface area contributed by atoms with Crippen molar-refractivity contribution >= 4 is 11.6 Å². The van der Waals surface area contributed by atoms with Gasteiger partial charge in [0.05, 0.1) is 4.92 Å². The quantitative estimate of drug-likeness (QED) is 0.665. The molecule has 0 spiro atoms. The Morgan fingerprint density at radius 2 is 2.05 bits per heavy atom. The molecule has 0 saturated heterocycles. The molecule has 6 heteroatoms. The molecule has 1 saturated carbocycles. The Hall–Kier alpha value is -1.95. The third kappa shape index (κ3) is 3.21. The van der Waals surface area contributed by atoms with E-state index in [1.165, 1.54) is 24.3 Å². The molecule has 1 aromatic rings. The van der Waals surface area contributed by atoms with Gasteiger partial charge >= 0.3 is 0 Å². The predicted molar refractivity (Wildman–Crippen MR) is 80.0 cm³/mol. The molecule has 2 atom stereocenters. The molecule has 114 valence electrons. The number of hydrogen-bond donors (Lipinski definition) is 1. The first-order valence-corrected chi connectivity index (χ1v) is 7.34. The normalized spacial score (nSPS) is 21.2. The smallest absolute Gasteiger partial charge is 0.269 e. The SMILES string of the molecule is CCN(C(=O)c1ccc([N+](=O)[O-])cc1)C1CCCC1CN. The van der Waals surface area contributed by atoms with Gasteiger partial charge in [0.15, 0.2) is 0 Å². The summed E-state index contributed by atoms with van der Waals surface area (Å²) in [5, 5.41) is 10.7. The van der Waals surface area contributed by atoms with Crippen LogP contribution in [-0.4, -0.2) is 34.9 Å². The summed E-state index contributed by atoms with van der Waals surface area (Å²) < 4.78 is 0. The van der Waals surface area contributed by atoms with E-state index in [-0.39, 0.29) is 17.6 Å². The highest BCUT2D eigenvalue weighted by molar-refractivity contribution is 5.94. The van der Waals surface area contributed by atoms with Gasteiger partial charge in [-0.15, -0.1) is 0 Å². The Labute approximate surface area is 124 Å². The molecule has 21 heavy (non-hydrogen) atoms. The van der Waals surface area contributed by atoms with Crippen molar-refractivity contribution in [2.75, 3.05) is 13.1 Å². The van der Waals surface area contributed by atoms with Crippen LogP contribution in [0.1, 0.15) is 36.5 Å². The first-order valence-electron chi connectivity index (χ1n) is 7.34. The fraction of sp³-hybridized carbons (Fsp3) is 0.533. The van der Waals surface area contributed by atoms with Crippen LogP contribution in [0.3, 0.4) is 0 Å². The minimum Gasteiger partial charge on any atom is -0.336 e. The minimum absolute atomic E-state index is 0.00435. The Bertz CT molecular complexity index is 515. The lowest BCUT2D eigenvalue weighted by molar-refractivity contribution is -0.384. The third-order valence-electron chi connectivity index (χ3n) is 4.25. The van der Waals surface area contributed by atoms with Gasteiger partial charge in [-0.3, -0.25) is 14.9 Å². The lowest BCUT2D eigenvalue weighted by Crippen LogP contribution is -2.44. The second-order valence-electron chi connectivity index (χ2n) is 5.39. The van der Waals surface area contributed by atoms with E-state index in [0.717, 1.165) is 19.3 Å². The zero-order valence-corrected chi connectivity index (χ0v) is 12.2. The van der Waals surface area contributed by atoms with Crippen molar-refractivity contribution in [2.45, 2.75) is 32.2 Å². The van der Waals surface area contributed by atoms with Gasteiger partial charge in [-0.1, -0.05) is 6.42 Å². The summed E-state index contributed by atoms with van der Waals surface area (Å²) >= 11 is 0. The van der Waals surface area contributed by atoms with Gasteiger partial charge in [0.2, 0.25) is 0 Å². The molecular weight excluding hydrogens is 270 g/mol. The maximum Gasteiger partial charge on any atom is 0.269 e. The summed E-state index contributed by atoms with van der Waals surface area (Å²) in [5.74, 6) is 0.282. The molecule has 1 aliphatic rings. The lowest BCUT2D eigenvalue weighted by Gasteiger charge is -2.32. The number of nitrogens with zero attached hydrogens (tertiary/aromatic N) is 2. The van der Waals surface area contributed by atoms with E-state index in [1.807, 2.05) is 11.8 Å². The predicted octanol–water partition coefficient (Wildman–Crippen LogP) is 2.18. The molecule has 1 aromatic carbocycles. The largest absolute Gasteiger partial charge is 0.336 e. The van der Waals surface area contributed by atoms with Crippen LogP contribution in [0.5, 0.6) is 0 Å². The standard InChI is InChI=1S/C15H21N3O3/c1-2-17(14-5-3-4-12(14)10-16)15(19)11-6-8-13(9-7-11)18(20)21/h6-9,12,14H,2-5,10,16H2,1H3. The van der Waals surface area contributed by atoms with E-state index in [9.17, 15) is 14.9 Å². The van der Waals surface area contributed by atoms with Crippen LogP contribution in [0.15, 0.2) is 24.3 Å². The van der Waals surface area contributed by atoms with Crippen molar-refractivity contribution < 1.29 is 9.72 Å². The average molecular weight is 291 g/mol. The van der Waals surface area contributed by atoms with Crippen LogP contribution in [0.2, 0.25) is 0 Å². The zero-order chi connectivity index (χ0) is 15.4. The fourth-order valence-corrected chi connectivity index (χ4v) is 3.12. The van der Waals surface area contributed by atoms with Crippen molar-refractivity contribution in [3.8, 4) is 0 Å². The summed E-state index contributed by atoms with van der Waals surface area (Å²) in [6.45, 7) is 3.17. The fourth-order valence-electron chi connectivity index (χ4n) is 3.12. The van der Waals surface area contributed by atoms with Crippen molar-refractivity contribution in [1.29, 1.82) is 0 Å². The van der Waals surface area contributed by atoms with E-state index in [0.29, 0.717) is 24.6 Å². The highest BCUT2D eigenvalue weighted by Crippen LogP contribution is 2.30. The highest BCUT2D eigenvalue weighted by atomic mass is 16.6. The Morgan fingerprint density at radius 1 is 1.38 bits per heavy atom. The van der Waals surface area contributed by atoms with E-state index < -0.39 is 4.92 Å². The summed E-state index contributed by atoms with van der Waals surface area (Å²) in [6.07, 6.45) is 3.14. The van der Waals surface area contributed by atoms with Crippen molar-refractivity contribution in [3.63, 3.8) is 0 Å². The molecule has 2 rings (SSSR count). The van der Waals surface area contributed by atoms with Crippen molar-refractivity contribution in [3.05, 3.63) is 39.9 Å². The summed E-state index contributed by atoms with van der Waals surface area (Å²) in [6, 6.07) is 5.97. The van der Waals surface area contributed by atoms with Gasteiger partial charge in [-0.25, -0.2) is 0 Å². The molecule has 1 amide bonds. The molecule has 0 aliphatic heterocycles. The molecule has 6 nitrogen and oxygen atoms in total. The molecule has 0 bridgehead atoms. The number of carbonyl (C=O) groups excluding carboxylic acids is 1. The molecule has 0 aromatic heterocycles. The number of non-ortho nitro benzene ring substituents is 1. The Balaban J connectivity index is 2.17. The van der Waals surface area contributed by atoms with E-state index in [1.54, 1.807) is 0 Å². The number of nitro benzene ring substituents is 1. The summed E-state index contributed by atoms with van der Waals surface area (Å²) in [7, 11) is 0. The van der Waals surface area contributed by atoms with E-state index >= 15 is 0 Å². The second kappa shape index (κ2) is 6.67. The van der Waals surface area contributed by atoms with Crippen LogP contribution >= 0.6 is 0 Å². The number of carbonyl (C=O) groups is 1.